The zero-order valence-corrected chi connectivity index (χ0v) is 15.3. The molecule has 0 unspecified atom stereocenters. The number of carbonyl (C=O) groups excluding carboxylic acids is 1. The predicted molar refractivity (Wildman–Crippen MR) is 102 cm³/mol. The molecule has 0 fully saturated rings. The van der Waals surface area contributed by atoms with E-state index >= 15 is 0 Å². The van der Waals surface area contributed by atoms with Gasteiger partial charge in [0.15, 0.2) is 5.82 Å². The first-order valence-electron chi connectivity index (χ1n) is 8.40. The quantitative estimate of drug-likeness (QED) is 0.556. The van der Waals surface area contributed by atoms with Crippen LogP contribution in [0.2, 0.25) is 5.02 Å². The van der Waals surface area contributed by atoms with Crippen molar-refractivity contribution in [3.05, 3.63) is 87.5 Å². The standard InChI is InChI=1S/C19H14ClN5O3/c20-14-7-3-1-5-12(14)9-21-17(26)18-23-16(24-28-18)10-25-11-22-15-8-4-2-6-13(15)19(25)27/h1-8,11H,9-10H2,(H,21,26). The van der Waals surface area contributed by atoms with Crippen LogP contribution < -0.4 is 10.9 Å². The molecular weight excluding hydrogens is 382 g/mol. The molecule has 0 bridgehead atoms. The number of benzene rings is 2. The lowest BCUT2D eigenvalue weighted by atomic mass is 10.2. The number of carbonyl (C=O) groups is 1. The van der Waals surface area contributed by atoms with E-state index in [0.29, 0.717) is 15.9 Å². The number of fused-ring (bicyclic) bond motifs is 1. The molecule has 0 aliphatic rings. The van der Waals surface area contributed by atoms with Gasteiger partial charge in [0.2, 0.25) is 0 Å². The molecule has 0 aliphatic carbocycles. The second-order valence-electron chi connectivity index (χ2n) is 5.98. The van der Waals surface area contributed by atoms with Gasteiger partial charge in [-0.1, -0.05) is 47.1 Å². The van der Waals surface area contributed by atoms with E-state index in [1.807, 2.05) is 18.2 Å². The Morgan fingerprint density at radius 2 is 1.93 bits per heavy atom. The number of amides is 1. The number of halogens is 1. The Balaban J connectivity index is 1.47. The number of aromatic nitrogens is 4. The van der Waals surface area contributed by atoms with E-state index in [4.69, 9.17) is 16.1 Å². The van der Waals surface area contributed by atoms with Crippen LogP contribution in [0.1, 0.15) is 22.1 Å². The van der Waals surface area contributed by atoms with Gasteiger partial charge in [0.05, 0.1) is 23.8 Å². The summed E-state index contributed by atoms with van der Waals surface area (Å²) in [5.41, 5.74) is 1.16. The van der Waals surface area contributed by atoms with Crippen molar-refractivity contribution >= 4 is 28.4 Å². The second kappa shape index (κ2) is 7.61. The molecule has 0 spiro atoms. The van der Waals surface area contributed by atoms with Gasteiger partial charge in [-0.25, -0.2) is 4.98 Å². The fourth-order valence-electron chi connectivity index (χ4n) is 2.67. The van der Waals surface area contributed by atoms with Crippen molar-refractivity contribution in [2.45, 2.75) is 13.1 Å². The lowest BCUT2D eigenvalue weighted by Crippen LogP contribution is -2.24. The van der Waals surface area contributed by atoms with Crippen LogP contribution in [-0.4, -0.2) is 25.6 Å². The molecule has 1 amide bonds. The highest BCUT2D eigenvalue weighted by Gasteiger charge is 2.16. The van der Waals surface area contributed by atoms with Crippen LogP contribution in [0.4, 0.5) is 0 Å². The zero-order valence-electron chi connectivity index (χ0n) is 14.5. The van der Waals surface area contributed by atoms with Gasteiger partial charge in [0.25, 0.3) is 5.56 Å². The van der Waals surface area contributed by atoms with Crippen molar-refractivity contribution in [3.63, 3.8) is 0 Å². The van der Waals surface area contributed by atoms with Gasteiger partial charge in [-0.05, 0) is 23.8 Å². The average molecular weight is 396 g/mol. The van der Waals surface area contributed by atoms with Gasteiger partial charge in [-0.15, -0.1) is 0 Å². The predicted octanol–water partition coefficient (Wildman–Crippen LogP) is 2.41. The summed E-state index contributed by atoms with van der Waals surface area (Å²) in [7, 11) is 0. The molecule has 9 heteroatoms. The monoisotopic (exact) mass is 395 g/mol. The fraction of sp³-hybridized carbons (Fsp3) is 0.105. The summed E-state index contributed by atoms with van der Waals surface area (Å²) in [6, 6.07) is 14.2. The maximum absolute atomic E-state index is 12.5. The highest BCUT2D eigenvalue weighted by atomic mass is 35.5. The lowest BCUT2D eigenvalue weighted by molar-refractivity contribution is 0.0907. The summed E-state index contributed by atoms with van der Waals surface area (Å²) in [4.78, 5) is 33.0. The molecule has 0 radical (unpaired) electrons. The molecule has 1 N–H and O–H groups in total. The van der Waals surface area contributed by atoms with Crippen molar-refractivity contribution in [1.29, 1.82) is 0 Å². The summed E-state index contributed by atoms with van der Waals surface area (Å²) in [5.74, 6) is -0.520. The Hall–Kier alpha value is -3.52. The molecular formula is C19H14ClN5O3. The van der Waals surface area contributed by atoms with Gasteiger partial charge in [0.1, 0.15) is 0 Å². The van der Waals surface area contributed by atoms with E-state index in [1.54, 1.807) is 30.3 Å². The van der Waals surface area contributed by atoms with Crippen molar-refractivity contribution in [2.75, 3.05) is 0 Å². The van der Waals surface area contributed by atoms with Crippen LogP contribution >= 0.6 is 11.6 Å². The first kappa shape index (κ1) is 17.9. The van der Waals surface area contributed by atoms with E-state index in [-0.39, 0.29) is 30.4 Å². The first-order chi connectivity index (χ1) is 13.6. The molecule has 0 atom stereocenters. The number of nitrogens with one attached hydrogen (secondary N) is 1. The van der Waals surface area contributed by atoms with E-state index in [9.17, 15) is 9.59 Å². The van der Waals surface area contributed by atoms with Crippen LogP contribution in [0.3, 0.4) is 0 Å². The Morgan fingerprint density at radius 1 is 1.14 bits per heavy atom. The minimum Gasteiger partial charge on any atom is -0.344 e. The third-order valence-corrected chi connectivity index (χ3v) is 4.47. The van der Waals surface area contributed by atoms with Gasteiger partial charge in [-0.3, -0.25) is 14.2 Å². The van der Waals surface area contributed by atoms with Crippen LogP contribution in [0.15, 0.2) is 64.2 Å². The molecule has 2 aromatic heterocycles. The molecule has 0 saturated carbocycles. The van der Waals surface area contributed by atoms with Gasteiger partial charge >= 0.3 is 11.8 Å². The number of para-hydroxylation sites is 1. The summed E-state index contributed by atoms with van der Waals surface area (Å²) in [6.07, 6.45) is 1.41. The van der Waals surface area contributed by atoms with Crippen LogP contribution in [0.25, 0.3) is 10.9 Å². The molecule has 0 saturated heterocycles. The van der Waals surface area contributed by atoms with Gasteiger partial charge in [0, 0.05) is 11.6 Å². The van der Waals surface area contributed by atoms with Crippen molar-refractivity contribution in [2.24, 2.45) is 0 Å². The van der Waals surface area contributed by atoms with Crippen molar-refractivity contribution in [3.8, 4) is 0 Å². The average Bonchev–Trinajstić information content (AvgIpc) is 3.18. The second-order valence-corrected chi connectivity index (χ2v) is 6.39. The van der Waals surface area contributed by atoms with E-state index < -0.39 is 5.91 Å². The summed E-state index contributed by atoms with van der Waals surface area (Å²) in [5, 5.41) is 7.48. The summed E-state index contributed by atoms with van der Waals surface area (Å²) >= 11 is 6.06. The number of hydrogen-bond acceptors (Lipinski definition) is 6. The Bertz CT molecular complexity index is 1220. The topological polar surface area (TPSA) is 103 Å². The Kier molecular flexibility index (Phi) is 4.86. The maximum Gasteiger partial charge on any atom is 0.316 e. The third-order valence-electron chi connectivity index (χ3n) is 4.10. The molecule has 2 aromatic carbocycles. The molecule has 4 aromatic rings. The highest BCUT2D eigenvalue weighted by Crippen LogP contribution is 2.14. The largest absolute Gasteiger partial charge is 0.344 e. The molecule has 28 heavy (non-hydrogen) atoms. The van der Waals surface area contributed by atoms with Crippen LogP contribution in [0.5, 0.6) is 0 Å². The Morgan fingerprint density at radius 3 is 2.79 bits per heavy atom. The normalized spacial score (nSPS) is 10.9. The smallest absolute Gasteiger partial charge is 0.316 e. The Labute approximate surface area is 163 Å². The van der Waals surface area contributed by atoms with E-state index in [1.165, 1.54) is 10.9 Å². The van der Waals surface area contributed by atoms with Crippen LogP contribution in [0, 0.1) is 0 Å². The highest BCUT2D eigenvalue weighted by molar-refractivity contribution is 6.31. The van der Waals surface area contributed by atoms with E-state index in [0.717, 1.165) is 5.56 Å². The van der Waals surface area contributed by atoms with Crippen LogP contribution in [-0.2, 0) is 13.1 Å². The fourth-order valence-corrected chi connectivity index (χ4v) is 2.88. The number of hydrogen-bond donors (Lipinski definition) is 1. The molecule has 140 valence electrons. The third kappa shape index (κ3) is 3.63. The lowest BCUT2D eigenvalue weighted by Gasteiger charge is -2.04. The first-order valence-corrected chi connectivity index (χ1v) is 8.78. The SMILES string of the molecule is O=C(NCc1ccccc1Cl)c1nc(Cn2cnc3ccccc3c2=O)no1. The van der Waals surface area contributed by atoms with Gasteiger partial charge < -0.3 is 9.84 Å². The maximum atomic E-state index is 12.5. The molecule has 0 aliphatic heterocycles. The van der Waals surface area contributed by atoms with E-state index in [2.05, 4.69) is 20.4 Å². The minimum absolute atomic E-state index is 0.0396. The summed E-state index contributed by atoms with van der Waals surface area (Å²) in [6.45, 7) is 0.266. The van der Waals surface area contributed by atoms with Gasteiger partial charge in [-0.2, -0.15) is 4.98 Å². The summed E-state index contributed by atoms with van der Waals surface area (Å²) < 4.78 is 6.36. The molecule has 4 rings (SSSR count). The zero-order chi connectivity index (χ0) is 19.5. The molecule has 8 nitrogen and oxygen atoms in total. The minimum atomic E-state index is -0.525. The number of nitrogens with zero attached hydrogens (tertiary/aromatic N) is 4. The van der Waals surface area contributed by atoms with Crippen molar-refractivity contribution < 1.29 is 9.32 Å². The number of rotatable bonds is 5. The van der Waals surface area contributed by atoms with Crippen molar-refractivity contribution in [1.82, 2.24) is 25.0 Å². The molecule has 2 heterocycles.